The average molecular weight is 236 g/mol. The van der Waals surface area contributed by atoms with Crippen molar-refractivity contribution in [2.45, 2.75) is 19.4 Å². The average Bonchev–Trinajstić information content (AvgIpc) is 2.98. The van der Waals surface area contributed by atoms with Crippen LogP contribution >= 0.6 is 0 Å². The number of amides is 1. The van der Waals surface area contributed by atoms with Crippen LogP contribution in [0.3, 0.4) is 0 Å². The molecule has 0 aromatic carbocycles. The van der Waals surface area contributed by atoms with E-state index in [1.54, 1.807) is 19.1 Å². The molecule has 0 aliphatic rings. The van der Waals surface area contributed by atoms with Crippen LogP contribution in [-0.2, 0) is 4.79 Å². The minimum absolute atomic E-state index is 0.185. The van der Waals surface area contributed by atoms with Crippen molar-refractivity contribution >= 4 is 5.91 Å². The number of nitrogens with one attached hydrogen (secondary N) is 1. The summed E-state index contributed by atoms with van der Waals surface area (Å²) in [7, 11) is 0. The number of hydrazine groups is 1. The molecule has 3 N–H and O–H groups in total. The van der Waals surface area contributed by atoms with Crippen molar-refractivity contribution in [2.75, 3.05) is 0 Å². The first-order chi connectivity index (χ1) is 8.20. The van der Waals surface area contributed by atoms with Crippen molar-refractivity contribution in [3.8, 4) is 11.6 Å². The number of carbonyl (C=O) groups excluding carboxylic acids is 1. The van der Waals surface area contributed by atoms with Gasteiger partial charge in [-0.05, 0) is 24.3 Å². The molecule has 1 amide bonds. The van der Waals surface area contributed by atoms with E-state index in [-0.39, 0.29) is 18.4 Å². The van der Waals surface area contributed by atoms with Crippen molar-refractivity contribution in [3.63, 3.8) is 0 Å². The van der Waals surface area contributed by atoms with Crippen molar-refractivity contribution in [3.05, 3.63) is 18.4 Å². The van der Waals surface area contributed by atoms with Crippen molar-refractivity contribution < 1.29 is 9.21 Å². The van der Waals surface area contributed by atoms with Gasteiger partial charge in [-0.1, -0.05) is 0 Å². The Hall–Kier alpha value is -2.22. The number of rotatable bonds is 4. The van der Waals surface area contributed by atoms with E-state index in [1.165, 1.54) is 11.1 Å². The largest absolute Gasteiger partial charge is 0.461 e. The highest BCUT2D eigenvalue weighted by Crippen LogP contribution is 2.15. The second-order valence-electron chi connectivity index (χ2n) is 3.53. The van der Waals surface area contributed by atoms with Crippen LogP contribution in [0.2, 0.25) is 0 Å². The fraction of sp³-hybridized carbons (Fsp3) is 0.333. The van der Waals surface area contributed by atoms with Crippen LogP contribution in [0.1, 0.15) is 19.4 Å². The Bertz CT molecular complexity index is 491. The maximum Gasteiger partial charge on any atom is 0.240 e. The topological polar surface area (TPSA) is 112 Å². The molecule has 0 saturated heterocycles. The van der Waals surface area contributed by atoms with Gasteiger partial charge in [0.1, 0.15) is 0 Å². The lowest BCUT2D eigenvalue weighted by atomic mass is 10.2. The monoisotopic (exact) mass is 236 g/mol. The van der Waals surface area contributed by atoms with Gasteiger partial charge in [0.25, 0.3) is 0 Å². The molecule has 0 aliphatic carbocycles. The third-order valence-electron chi connectivity index (χ3n) is 2.21. The van der Waals surface area contributed by atoms with Gasteiger partial charge in [0.2, 0.25) is 11.7 Å². The molecule has 2 aromatic rings. The summed E-state index contributed by atoms with van der Waals surface area (Å²) in [5.74, 6) is 5.64. The Balaban J connectivity index is 2.10. The van der Waals surface area contributed by atoms with E-state index in [9.17, 15) is 4.79 Å². The summed E-state index contributed by atoms with van der Waals surface area (Å²) in [5, 5.41) is 11.8. The number of hydrogen-bond donors (Lipinski definition) is 2. The zero-order valence-corrected chi connectivity index (χ0v) is 9.20. The third kappa shape index (κ3) is 2.48. The lowest BCUT2D eigenvalue weighted by Crippen LogP contribution is -2.32. The summed E-state index contributed by atoms with van der Waals surface area (Å²) >= 11 is 0. The number of hydrogen-bond acceptors (Lipinski definition) is 6. The van der Waals surface area contributed by atoms with Crippen LogP contribution in [0.25, 0.3) is 11.6 Å². The second-order valence-corrected chi connectivity index (χ2v) is 3.53. The van der Waals surface area contributed by atoms with Crippen LogP contribution in [0.4, 0.5) is 0 Å². The van der Waals surface area contributed by atoms with Gasteiger partial charge in [-0.15, -0.1) is 10.2 Å². The maximum absolute atomic E-state index is 11.1. The van der Waals surface area contributed by atoms with Gasteiger partial charge in [-0.25, -0.2) is 5.84 Å². The number of aromatic nitrogens is 4. The third-order valence-corrected chi connectivity index (χ3v) is 2.21. The van der Waals surface area contributed by atoms with Crippen molar-refractivity contribution in [1.29, 1.82) is 0 Å². The summed E-state index contributed by atoms with van der Waals surface area (Å²) in [5.41, 5.74) is 2.05. The molecular weight excluding hydrogens is 224 g/mol. The first-order valence-electron chi connectivity index (χ1n) is 5.03. The van der Waals surface area contributed by atoms with Crippen molar-refractivity contribution in [2.24, 2.45) is 5.84 Å². The van der Waals surface area contributed by atoms with E-state index >= 15 is 0 Å². The SMILES string of the molecule is CC(CC(=O)NN)n1nnc(-c2ccco2)n1. The van der Waals surface area contributed by atoms with Gasteiger partial charge < -0.3 is 4.42 Å². The Labute approximate surface area is 96.7 Å². The Morgan fingerprint density at radius 2 is 2.53 bits per heavy atom. The molecule has 8 heteroatoms. The second kappa shape index (κ2) is 4.74. The molecule has 2 aromatic heterocycles. The fourth-order valence-electron chi connectivity index (χ4n) is 1.33. The molecular formula is C9H12N6O2. The number of nitrogens with zero attached hydrogens (tertiary/aromatic N) is 4. The van der Waals surface area contributed by atoms with E-state index in [4.69, 9.17) is 10.3 Å². The molecule has 2 rings (SSSR count). The van der Waals surface area contributed by atoms with Crippen LogP contribution < -0.4 is 11.3 Å². The molecule has 0 bridgehead atoms. The normalized spacial score (nSPS) is 12.4. The summed E-state index contributed by atoms with van der Waals surface area (Å²) in [6.07, 6.45) is 1.71. The lowest BCUT2D eigenvalue weighted by molar-refractivity contribution is -0.121. The first kappa shape index (κ1) is 11.3. The smallest absolute Gasteiger partial charge is 0.240 e. The molecule has 0 spiro atoms. The number of nitrogens with two attached hydrogens (primary N) is 1. The summed E-state index contributed by atoms with van der Waals surface area (Å²) in [4.78, 5) is 12.4. The highest BCUT2D eigenvalue weighted by Gasteiger charge is 2.15. The first-order valence-corrected chi connectivity index (χ1v) is 5.03. The van der Waals surface area contributed by atoms with Gasteiger partial charge in [-0.3, -0.25) is 10.2 Å². The molecule has 1 atom stereocenters. The maximum atomic E-state index is 11.1. The van der Waals surface area contributed by atoms with Crippen LogP contribution in [-0.4, -0.2) is 26.1 Å². The Morgan fingerprint density at radius 1 is 1.71 bits per heavy atom. The van der Waals surface area contributed by atoms with Crippen LogP contribution in [0.15, 0.2) is 22.8 Å². The quantitative estimate of drug-likeness (QED) is 0.434. The summed E-state index contributed by atoms with van der Waals surface area (Å²) in [6.45, 7) is 1.79. The van der Waals surface area contributed by atoms with Crippen LogP contribution in [0, 0.1) is 0 Å². The van der Waals surface area contributed by atoms with Gasteiger partial charge in [0.15, 0.2) is 5.76 Å². The van der Waals surface area contributed by atoms with Gasteiger partial charge in [0, 0.05) is 0 Å². The highest BCUT2D eigenvalue weighted by molar-refractivity contribution is 5.75. The minimum atomic E-state index is -0.283. The summed E-state index contributed by atoms with van der Waals surface area (Å²) in [6, 6.07) is 3.25. The van der Waals surface area contributed by atoms with Gasteiger partial charge in [-0.2, -0.15) is 4.80 Å². The number of tetrazole rings is 1. The Morgan fingerprint density at radius 3 is 3.18 bits per heavy atom. The molecule has 8 nitrogen and oxygen atoms in total. The molecule has 0 aliphatic heterocycles. The van der Waals surface area contributed by atoms with E-state index in [0.29, 0.717) is 11.6 Å². The standard InChI is InChI=1S/C9H12N6O2/c1-6(5-8(16)11-10)15-13-9(12-14-15)7-3-2-4-17-7/h2-4,6H,5,10H2,1H3,(H,11,16). The molecule has 90 valence electrons. The van der Waals surface area contributed by atoms with E-state index in [2.05, 4.69) is 20.8 Å². The zero-order valence-electron chi connectivity index (χ0n) is 9.20. The predicted molar refractivity (Wildman–Crippen MR) is 57.2 cm³/mol. The molecule has 2 heterocycles. The number of furan rings is 1. The molecule has 1 unspecified atom stereocenters. The van der Waals surface area contributed by atoms with Crippen molar-refractivity contribution in [1.82, 2.24) is 25.6 Å². The number of carbonyl (C=O) groups is 1. The molecule has 17 heavy (non-hydrogen) atoms. The zero-order chi connectivity index (χ0) is 12.3. The lowest BCUT2D eigenvalue weighted by Gasteiger charge is -2.07. The molecule has 0 saturated carbocycles. The van der Waals surface area contributed by atoms with Gasteiger partial charge in [0.05, 0.1) is 18.7 Å². The van der Waals surface area contributed by atoms with Crippen LogP contribution in [0.5, 0.6) is 0 Å². The highest BCUT2D eigenvalue weighted by atomic mass is 16.3. The van der Waals surface area contributed by atoms with E-state index < -0.39 is 0 Å². The van der Waals surface area contributed by atoms with Gasteiger partial charge >= 0.3 is 0 Å². The fourth-order valence-corrected chi connectivity index (χ4v) is 1.33. The van der Waals surface area contributed by atoms with E-state index in [0.717, 1.165) is 0 Å². The predicted octanol–water partition coefficient (Wildman–Crippen LogP) is -0.126. The Kier molecular flexibility index (Phi) is 3.15. The molecule has 0 radical (unpaired) electrons. The summed E-state index contributed by atoms with van der Waals surface area (Å²) < 4.78 is 5.14. The van der Waals surface area contributed by atoms with E-state index in [1.807, 2.05) is 0 Å². The molecule has 0 fully saturated rings. The minimum Gasteiger partial charge on any atom is -0.461 e.